The summed E-state index contributed by atoms with van der Waals surface area (Å²) in [6.07, 6.45) is 5.07. The maximum absolute atomic E-state index is 12.6. The molecule has 1 saturated heterocycles. The third kappa shape index (κ3) is 2.87. The van der Waals surface area contributed by atoms with Crippen molar-refractivity contribution >= 4 is 5.91 Å². The molecule has 1 unspecified atom stereocenters. The van der Waals surface area contributed by atoms with Gasteiger partial charge in [-0.3, -0.25) is 4.79 Å². The number of nitrogens with zero attached hydrogens (tertiary/aromatic N) is 4. The van der Waals surface area contributed by atoms with Crippen LogP contribution in [0.5, 0.6) is 0 Å². The second kappa shape index (κ2) is 6.27. The Labute approximate surface area is 129 Å². The predicted molar refractivity (Wildman–Crippen MR) is 81.8 cm³/mol. The molecule has 1 N–H and O–H groups in total. The first-order valence-electron chi connectivity index (χ1n) is 7.55. The highest BCUT2D eigenvalue weighted by molar-refractivity contribution is 5.94. The summed E-state index contributed by atoms with van der Waals surface area (Å²) in [4.78, 5) is 18.4. The highest BCUT2D eigenvalue weighted by Gasteiger charge is 2.24. The van der Waals surface area contributed by atoms with Crippen LogP contribution in [-0.2, 0) is 0 Å². The number of hydrogen-bond acceptors (Lipinski definition) is 4. The minimum absolute atomic E-state index is 0.0337. The summed E-state index contributed by atoms with van der Waals surface area (Å²) in [7, 11) is 0. The second-order valence-corrected chi connectivity index (χ2v) is 5.78. The van der Waals surface area contributed by atoms with Gasteiger partial charge in [-0.2, -0.15) is 5.10 Å². The van der Waals surface area contributed by atoms with Gasteiger partial charge in [-0.1, -0.05) is 0 Å². The summed E-state index contributed by atoms with van der Waals surface area (Å²) in [5, 5.41) is 13.4. The highest BCUT2D eigenvalue weighted by atomic mass is 16.3. The summed E-state index contributed by atoms with van der Waals surface area (Å²) < 4.78 is 1.69. The van der Waals surface area contributed by atoms with E-state index in [1.807, 2.05) is 30.0 Å². The molecule has 1 aromatic carbocycles. The molecule has 2 heterocycles. The van der Waals surface area contributed by atoms with Crippen LogP contribution in [0.2, 0.25) is 0 Å². The molecular formula is C16H20N4O2. The Bertz CT molecular complexity index is 654. The van der Waals surface area contributed by atoms with E-state index in [1.165, 1.54) is 6.33 Å². The van der Waals surface area contributed by atoms with Gasteiger partial charge < -0.3 is 10.0 Å². The first-order valence-corrected chi connectivity index (χ1v) is 7.55. The van der Waals surface area contributed by atoms with Crippen molar-refractivity contribution in [2.75, 3.05) is 19.7 Å². The number of aliphatic hydroxyl groups is 1. The Morgan fingerprint density at radius 3 is 3.00 bits per heavy atom. The zero-order valence-electron chi connectivity index (χ0n) is 12.6. The van der Waals surface area contributed by atoms with Crippen LogP contribution in [0.4, 0.5) is 0 Å². The van der Waals surface area contributed by atoms with E-state index in [2.05, 4.69) is 10.1 Å². The third-order valence-electron chi connectivity index (χ3n) is 4.17. The average molecular weight is 300 g/mol. The topological polar surface area (TPSA) is 71.2 Å². The molecule has 1 aromatic heterocycles. The zero-order chi connectivity index (χ0) is 15.5. The molecule has 1 fully saturated rings. The molecule has 0 aliphatic carbocycles. The van der Waals surface area contributed by atoms with Crippen LogP contribution in [0, 0.1) is 12.8 Å². The van der Waals surface area contributed by atoms with Crippen LogP contribution < -0.4 is 0 Å². The van der Waals surface area contributed by atoms with Crippen molar-refractivity contribution < 1.29 is 9.90 Å². The van der Waals surface area contributed by atoms with E-state index in [1.54, 1.807) is 11.0 Å². The molecule has 2 aromatic rings. The number of carbonyl (C=O) groups excluding carboxylic acids is 1. The van der Waals surface area contributed by atoms with Crippen molar-refractivity contribution in [2.45, 2.75) is 19.8 Å². The Morgan fingerprint density at radius 1 is 1.45 bits per heavy atom. The van der Waals surface area contributed by atoms with Gasteiger partial charge in [-0.25, -0.2) is 9.67 Å². The van der Waals surface area contributed by atoms with Crippen LogP contribution in [0.1, 0.15) is 28.8 Å². The van der Waals surface area contributed by atoms with E-state index in [4.69, 9.17) is 0 Å². The smallest absolute Gasteiger partial charge is 0.253 e. The average Bonchev–Trinajstić information content (AvgIpc) is 3.08. The lowest BCUT2D eigenvalue weighted by molar-refractivity contribution is 0.0620. The van der Waals surface area contributed by atoms with Gasteiger partial charge in [0.05, 0.1) is 5.69 Å². The van der Waals surface area contributed by atoms with Gasteiger partial charge >= 0.3 is 0 Å². The fourth-order valence-electron chi connectivity index (χ4n) is 2.96. The van der Waals surface area contributed by atoms with Crippen molar-refractivity contribution in [1.29, 1.82) is 0 Å². The van der Waals surface area contributed by atoms with E-state index in [-0.39, 0.29) is 18.4 Å². The number of benzene rings is 1. The lowest BCUT2D eigenvalue weighted by Crippen LogP contribution is -2.40. The quantitative estimate of drug-likeness (QED) is 0.930. The van der Waals surface area contributed by atoms with Gasteiger partial charge in [0.2, 0.25) is 0 Å². The zero-order valence-corrected chi connectivity index (χ0v) is 12.6. The molecule has 1 aliphatic heterocycles. The van der Waals surface area contributed by atoms with Gasteiger partial charge in [0.15, 0.2) is 0 Å². The first kappa shape index (κ1) is 14.7. The third-order valence-corrected chi connectivity index (χ3v) is 4.17. The SMILES string of the molecule is Cc1cc(C(=O)N2CCCC(CO)C2)ccc1-n1cncn1. The van der Waals surface area contributed by atoms with Crippen molar-refractivity contribution in [2.24, 2.45) is 5.92 Å². The number of aliphatic hydroxyl groups excluding tert-OH is 1. The number of piperidine rings is 1. The molecule has 22 heavy (non-hydrogen) atoms. The standard InChI is InChI=1S/C16H20N4O2/c1-12-7-14(4-5-15(12)20-11-17-10-18-20)16(22)19-6-2-3-13(8-19)9-21/h4-5,7,10-11,13,21H,2-3,6,8-9H2,1H3. The summed E-state index contributed by atoms with van der Waals surface area (Å²) in [5.41, 5.74) is 2.58. The maximum Gasteiger partial charge on any atom is 0.253 e. The van der Waals surface area contributed by atoms with Crippen LogP contribution in [-0.4, -0.2) is 50.4 Å². The molecule has 1 amide bonds. The minimum Gasteiger partial charge on any atom is -0.396 e. The van der Waals surface area contributed by atoms with Gasteiger partial charge in [-0.05, 0) is 49.4 Å². The number of amides is 1. The van der Waals surface area contributed by atoms with Gasteiger partial charge in [0, 0.05) is 25.3 Å². The van der Waals surface area contributed by atoms with E-state index in [0.717, 1.165) is 30.6 Å². The molecule has 0 radical (unpaired) electrons. The Kier molecular flexibility index (Phi) is 4.20. The number of aromatic nitrogens is 3. The minimum atomic E-state index is 0.0337. The molecule has 6 nitrogen and oxygen atoms in total. The van der Waals surface area contributed by atoms with Crippen molar-refractivity contribution in [3.8, 4) is 5.69 Å². The summed E-state index contributed by atoms with van der Waals surface area (Å²) in [6, 6.07) is 5.61. The predicted octanol–water partition coefficient (Wildman–Crippen LogP) is 1.42. The molecule has 1 aliphatic rings. The van der Waals surface area contributed by atoms with Gasteiger partial charge in [0.1, 0.15) is 12.7 Å². The molecule has 0 spiro atoms. The summed E-state index contributed by atoms with van der Waals surface area (Å²) in [6.45, 7) is 3.51. The summed E-state index contributed by atoms with van der Waals surface area (Å²) in [5.74, 6) is 0.236. The number of likely N-dealkylation sites (tertiary alicyclic amines) is 1. The Balaban J connectivity index is 1.80. The van der Waals surface area contributed by atoms with Gasteiger partial charge in [-0.15, -0.1) is 0 Å². The first-order chi connectivity index (χ1) is 10.7. The van der Waals surface area contributed by atoms with Crippen LogP contribution in [0.25, 0.3) is 5.69 Å². The Hall–Kier alpha value is -2.21. The van der Waals surface area contributed by atoms with Crippen molar-refractivity contribution in [3.63, 3.8) is 0 Å². The number of aryl methyl sites for hydroxylation is 1. The van der Waals surface area contributed by atoms with Crippen LogP contribution in [0.15, 0.2) is 30.9 Å². The molecular weight excluding hydrogens is 280 g/mol. The molecule has 1 atom stereocenters. The lowest BCUT2D eigenvalue weighted by atomic mass is 9.98. The lowest BCUT2D eigenvalue weighted by Gasteiger charge is -2.32. The van der Waals surface area contributed by atoms with E-state index < -0.39 is 0 Å². The maximum atomic E-state index is 12.6. The Morgan fingerprint density at radius 2 is 2.32 bits per heavy atom. The monoisotopic (exact) mass is 300 g/mol. The highest BCUT2D eigenvalue weighted by Crippen LogP contribution is 2.20. The number of hydrogen-bond donors (Lipinski definition) is 1. The van der Waals surface area contributed by atoms with Crippen LogP contribution in [0.3, 0.4) is 0 Å². The number of rotatable bonds is 3. The molecule has 0 bridgehead atoms. The normalized spacial score (nSPS) is 18.5. The molecule has 0 saturated carbocycles. The number of carbonyl (C=O) groups is 1. The van der Waals surface area contributed by atoms with E-state index >= 15 is 0 Å². The van der Waals surface area contributed by atoms with Crippen LogP contribution >= 0.6 is 0 Å². The summed E-state index contributed by atoms with van der Waals surface area (Å²) >= 11 is 0. The van der Waals surface area contributed by atoms with Crippen molar-refractivity contribution in [3.05, 3.63) is 42.0 Å². The molecule has 6 heteroatoms. The second-order valence-electron chi connectivity index (χ2n) is 5.78. The van der Waals surface area contributed by atoms with Gasteiger partial charge in [0.25, 0.3) is 5.91 Å². The fourth-order valence-corrected chi connectivity index (χ4v) is 2.96. The van der Waals surface area contributed by atoms with E-state index in [9.17, 15) is 9.90 Å². The molecule has 116 valence electrons. The largest absolute Gasteiger partial charge is 0.396 e. The fraction of sp³-hybridized carbons (Fsp3) is 0.438. The van der Waals surface area contributed by atoms with Crippen molar-refractivity contribution in [1.82, 2.24) is 19.7 Å². The van der Waals surface area contributed by atoms with E-state index in [0.29, 0.717) is 12.1 Å². The molecule has 3 rings (SSSR count).